The van der Waals surface area contributed by atoms with Crippen molar-refractivity contribution in [2.75, 3.05) is 13.8 Å². The molecule has 0 fully saturated rings. The zero-order valence-corrected chi connectivity index (χ0v) is 7.15. The first-order valence-corrected chi connectivity index (χ1v) is 3.54. The normalized spacial score (nSPS) is 9.00. The maximum absolute atomic E-state index is 10.7. The number of esters is 1. The summed E-state index contributed by atoms with van der Waals surface area (Å²) >= 11 is 0. The number of nitroso groups, excluding NO2 is 1. The second kappa shape index (κ2) is 5.92. The van der Waals surface area contributed by atoms with Gasteiger partial charge in [0.2, 0.25) is 13.8 Å². The Hall–Kier alpha value is -1.66. The molecule has 0 aromatic heterocycles. The fraction of sp³-hybridized carbons (Fsp3) is 0.667. The lowest BCUT2D eigenvalue weighted by atomic mass is 10.3. The van der Waals surface area contributed by atoms with Crippen molar-refractivity contribution < 1.29 is 24.3 Å². The van der Waals surface area contributed by atoms with Crippen LogP contribution in [-0.2, 0) is 14.3 Å². The molecule has 7 heteroatoms. The van der Waals surface area contributed by atoms with Gasteiger partial charge in [0.05, 0.1) is 17.7 Å². The molecule has 0 unspecified atom stereocenters. The van der Waals surface area contributed by atoms with Crippen molar-refractivity contribution in [1.82, 2.24) is 5.43 Å². The van der Waals surface area contributed by atoms with Gasteiger partial charge < -0.3 is 9.84 Å². The second-order valence-corrected chi connectivity index (χ2v) is 2.21. The summed E-state index contributed by atoms with van der Waals surface area (Å²) in [4.78, 5) is 31.3. The molecular formula is C6H11N2O5+. The standard InChI is InChI=1S/C6H10N2O5/c1-8(12)7-4-13-6(11)3-2-5(9)10/h2-4H2,1H3,(H-,7,9,10,12)/p+1. The highest BCUT2D eigenvalue weighted by Crippen LogP contribution is 1.91. The second-order valence-electron chi connectivity index (χ2n) is 2.21. The zero-order chi connectivity index (χ0) is 10.3. The van der Waals surface area contributed by atoms with Crippen LogP contribution in [0, 0.1) is 4.91 Å². The number of hydrogen-bond donors (Lipinski definition) is 2. The molecule has 0 heterocycles. The van der Waals surface area contributed by atoms with E-state index < -0.39 is 11.9 Å². The van der Waals surface area contributed by atoms with E-state index in [9.17, 15) is 14.5 Å². The Bertz CT molecular complexity index is 215. The van der Waals surface area contributed by atoms with Crippen LogP contribution in [-0.4, -0.2) is 35.7 Å². The summed E-state index contributed by atoms with van der Waals surface area (Å²) in [5.41, 5.74) is 2.15. The van der Waals surface area contributed by atoms with E-state index in [1.807, 2.05) is 0 Å². The van der Waals surface area contributed by atoms with E-state index in [2.05, 4.69) is 10.2 Å². The summed E-state index contributed by atoms with van der Waals surface area (Å²) < 4.78 is 4.45. The fourth-order valence-electron chi connectivity index (χ4n) is 0.485. The molecule has 0 atom stereocenters. The quantitative estimate of drug-likeness (QED) is 0.248. The lowest BCUT2D eigenvalue weighted by Gasteiger charge is -1.99. The molecule has 0 saturated carbocycles. The number of rotatable bonds is 6. The number of carbonyl (C=O) groups excluding carboxylic acids is 1. The van der Waals surface area contributed by atoms with E-state index in [1.54, 1.807) is 0 Å². The molecule has 0 aliphatic heterocycles. The monoisotopic (exact) mass is 191 g/mol. The van der Waals surface area contributed by atoms with Crippen molar-refractivity contribution in [2.24, 2.45) is 0 Å². The van der Waals surface area contributed by atoms with E-state index in [4.69, 9.17) is 5.11 Å². The van der Waals surface area contributed by atoms with Crippen molar-refractivity contribution in [2.45, 2.75) is 12.8 Å². The van der Waals surface area contributed by atoms with Crippen molar-refractivity contribution in [3.05, 3.63) is 4.91 Å². The molecule has 2 N–H and O–H groups in total. The summed E-state index contributed by atoms with van der Waals surface area (Å²) in [6.07, 6.45) is -0.467. The molecule has 7 nitrogen and oxygen atoms in total. The number of hydrogen-bond acceptors (Lipinski definition) is 4. The van der Waals surface area contributed by atoms with Gasteiger partial charge in [-0.25, -0.2) is 0 Å². The summed E-state index contributed by atoms with van der Waals surface area (Å²) in [5.74, 6) is -1.72. The van der Waals surface area contributed by atoms with E-state index in [0.717, 1.165) is 0 Å². The first-order valence-electron chi connectivity index (χ1n) is 3.54. The highest BCUT2D eigenvalue weighted by molar-refractivity contribution is 5.76. The molecular weight excluding hydrogens is 180 g/mol. The van der Waals surface area contributed by atoms with Crippen molar-refractivity contribution >= 4 is 11.9 Å². The van der Waals surface area contributed by atoms with E-state index in [0.29, 0.717) is 4.87 Å². The van der Waals surface area contributed by atoms with Crippen molar-refractivity contribution in [3.63, 3.8) is 0 Å². The van der Waals surface area contributed by atoms with Crippen molar-refractivity contribution in [1.29, 1.82) is 0 Å². The lowest BCUT2D eigenvalue weighted by molar-refractivity contribution is -0.585. The summed E-state index contributed by atoms with van der Waals surface area (Å²) in [5, 5.41) is 8.19. The first kappa shape index (κ1) is 11.3. The van der Waals surface area contributed by atoms with Gasteiger partial charge in [0.25, 0.3) is 0 Å². The number of carbonyl (C=O) groups is 2. The van der Waals surface area contributed by atoms with E-state index in [1.165, 1.54) is 7.05 Å². The van der Waals surface area contributed by atoms with Gasteiger partial charge in [-0.1, -0.05) is 0 Å². The van der Waals surface area contributed by atoms with Crippen LogP contribution >= 0.6 is 0 Å². The Morgan fingerprint density at radius 3 is 2.54 bits per heavy atom. The molecule has 0 aromatic rings. The maximum atomic E-state index is 10.7. The van der Waals surface area contributed by atoms with Crippen LogP contribution < -0.4 is 5.43 Å². The van der Waals surface area contributed by atoms with Gasteiger partial charge >= 0.3 is 11.9 Å². The average Bonchev–Trinajstić information content (AvgIpc) is 2.00. The molecule has 0 aromatic carbocycles. The lowest BCUT2D eigenvalue weighted by Crippen LogP contribution is -2.27. The minimum atomic E-state index is -1.06. The molecule has 0 amide bonds. The SMILES string of the molecule is C[N+](=O)NCOC(=O)CCC(=O)O. The number of nitrogens with one attached hydrogen (secondary N) is 1. The number of carboxylic acid groups (broad SMARTS) is 1. The van der Waals surface area contributed by atoms with Crippen LogP contribution in [0.4, 0.5) is 0 Å². The molecule has 0 radical (unpaired) electrons. The maximum Gasteiger partial charge on any atom is 0.308 e. The molecule has 0 spiro atoms. The van der Waals surface area contributed by atoms with Gasteiger partial charge in [0.1, 0.15) is 4.87 Å². The molecule has 13 heavy (non-hydrogen) atoms. The third kappa shape index (κ3) is 8.24. The van der Waals surface area contributed by atoms with Gasteiger partial charge in [-0.15, -0.1) is 5.43 Å². The highest BCUT2D eigenvalue weighted by Gasteiger charge is 2.07. The van der Waals surface area contributed by atoms with Crippen LogP contribution in [0.2, 0.25) is 0 Å². The van der Waals surface area contributed by atoms with E-state index >= 15 is 0 Å². The largest absolute Gasteiger partial charge is 0.481 e. The van der Waals surface area contributed by atoms with Crippen LogP contribution in [0.3, 0.4) is 0 Å². The van der Waals surface area contributed by atoms with Crippen LogP contribution in [0.5, 0.6) is 0 Å². The fourth-order valence-corrected chi connectivity index (χ4v) is 0.485. The Balaban J connectivity index is 3.41. The van der Waals surface area contributed by atoms with Gasteiger partial charge in [0.15, 0.2) is 0 Å². The van der Waals surface area contributed by atoms with E-state index in [-0.39, 0.29) is 19.6 Å². The van der Waals surface area contributed by atoms with Crippen LogP contribution in [0.15, 0.2) is 0 Å². The average molecular weight is 191 g/mol. The first-order chi connectivity index (χ1) is 6.02. The Morgan fingerprint density at radius 1 is 1.46 bits per heavy atom. The van der Waals surface area contributed by atoms with Crippen molar-refractivity contribution in [3.8, 4) is 0 Å². The zero-order valence-electron chi connectivity index (χ0n) is 7.15. The Morgan fingerprint density at radius 2 is 2.08 bits per heavy atom. The number of ether oxygens (including phenoxy) is 1. The minimum absolute atomic E-state index is 0.195. The van der Waals surface area contributed by atoms with Gasteiger partial charge in [-0.3, -0.25) is 9.59 Å². The minimum Gasteiger partial charge on any atom is -0.481 e. The molecule has 0 bridgehead atoms. The topological polar surface area (TPSA) is 95.7 Å². The van der Waals surface area contributed by atoms with Crippen LogP contribution in [0.25, 0.3) is 0 Å². The molecule has 74 valence electrons. The Labute approximate surface area is 74.2 Å². The van der Waals surface area contributed by atoms with Gasteiger partial charge in [-0.2, -0.15) is 0 Å². The van der Waals surface area contributed by atoms with Crippen LogP contribution in [0.1, 0.15) is 12.8 Å². The number of nitrogens with zero attached hydrogens (tertiary/aromatic N) is 1. The predicted octanol–water partition coefficient (Wildman–Crippen LogP) is -0.735. The number of hydrazine groups is 1. The summed E-state index contributed by atoms with van der Waals surface area (Å²) in [6.45, 7) is -0.252. The molecule has 0 aliphatic rings. The summed E-state index contributed by atoms with van der Waals surface area (Å²) in [6, 6.07) is 0. The smallest absolute Gasteiger partial charge is 0.308 e. The third-order valence-electron chi connectivity index (χ3n) is 1.06. The summed E-state index contributed by atoms with van der Waals surface area (Å²) in [7, 11) is 1.20. The number of aliphatic carboxylic acids is 1. The predicted molar refractivity (Wildman–Crippen MR) is 40.5 cm³/mol. The molecule has 0 saturated heterocycles. The highest BCUT2D eigenvalue weighted by atomic mass is 16.5. The third-order valence-corrected chi connectivity index (χ3v) is 1.06. The van der Waals surface area contributed by atoms with Gasteiger partial charge in [0, 0.05) is 0 Å². The Kier molecular flexibility index (Phi) is 5.17. The molecule has 0 aliphatic carbocycles. The van der Waals surface area contributed by atoms with Gasteiger partial charge in [-0.05, 0) is 0 Å². The molecule has 0 rings (SSSR count). The number of carboxylic acids is 1.